The fourth-order valence-corrected chi connectivity index (χ4v) is 3.46. The third-order valence-corrected chi connectivity index (χ3v) is 4.70. The van der Waals surface area contributed by atoms with E-state index in [0.717, 1.165) is 24.8 Å². The van der Waals surface area contributed by atoms with Gasteiger partial charge in [0.2, 0.25) is 11.7 Å². The second-order valence-electron chi connectivity index (χ2n) is 6.69. The number of likely N-dealkylation sites (N-methyl/N-ethyl adjacent to an activating group) is 1. The van der Waals surface area contributed by atoms with E-state index < -0.39 is 11.4 Å². The van der Waals surface area contributed by atoms with Gasteiger partial charge in [-0.15, -0.1) is 0 Å². The fraction of sp³-hybridized carbons (Fsp3) is 0.421. The first-order chi connectivity index (χ1) is 12.0. The minimum absolute atomic E-state index is 0.0682. The van der Waals surface area contributed by atoms with Gasteiger partial charge < -0.3 is 14.6 Å². The van der Waals surface area contributed by atoms with Crippen LogP contribution in [0.4, 0.5) is 0 Å². The van der Waals surface area contributed by atoms with Gasteiger partial charge in [0, 0.05) is 19.7 Å². The molecule has 1 N–H and O–H groups in total. The van der Waals surface area contributed by atoms with Crippen molar-refractivity contribution >= 4 is 11.8 Å². The highest BCUT2D eigenvalue weighted by atomic mass is 16.3. The van der Waals surface area contributed by atoms with Crippen molar-refractivity contribution in [3.05, 3.63) is 42.5 Å². The molecule has 1 fully saturated rings. The molecule has 2 aromatic rings. The lowest BCUT2D eigenvalue weighted by molar-refractivity contribution is -0.136. The highest BCUT2D eigenvalue weighted by Gasteiger charge is 2.42. The van der Waals surface area contributed by atoms with Crippen LogP contribution in [0.3, 0.4) is 0 Å². The van der Waals surface area contributed by atoms with Crippen LogP contribution in [0.1, 0.15) is 42.7 Å². The first-order valence-electron chi connectivity index (χ1n) is 8.57. The standard InChI is InChI=1S/C19H23N3O3/c1-22(2)18(24)19(11-7-4-8-12-19)21-17(23)16-15(20-13-25-16)14-9-5-3-6-10-14/h3,5-6,9-10,13H,4,7-8,11-12H2,1-2H3,(H,21,23). The van der Waals surface area contributed by atoms with Crippen molar-refractivity contribution in [2.45, 2.75) is 37.6 Å². The summed E-state index contributed by atoms with van der Waals surface area (Å²) in [6.45, 7) is 0. The van der Waals surface area contributed by atoms with Crippen LogP contribution in [0.2, 0.25) is 0 Å². The van der Waals surface area contributed by atoms with Crippen molar-refractivity contribution in [2.75, 3.05) is 14.1 Å². The number of benzene rings is 1. The first-order valence-corrected chi connectivity index (χ1v) is 8.57. The summed E-state index contributed by atoms with van der Waals surface area (Å²) in [5.74, 6) is -0.322. The molecule has 1 heterocycles. The van der Waals surface area contributed by atoms with Crippen LogP contribution in [0, 0.1) is 0 Å². The van der Waals surface area contributed by atoms with E-state index in [1.54, 1.807) is 19.0 Å². The molecule has 0 saturated heterocycles. The largest absolute Gasteiger partial charge is 0.438 e. The topological polar surface area (TPSA) is 75.4 Å². The number of amides is 2. The average molecular weight is 341 g/mol. The quantitative estimate of drug-likeness (QED) is 0.928. The summed E-state index contributed by atoms with van der Waals surface area (Å²) in [5, 5.41) is 2.96. The minimum atomic E-state index is -0.862. The van der Waals surface area contributed by atoms with Crippen LogP contribution in [0.25, 0.3) is 11.3 Å². The summed E-state index contributed by atoms with van der Waals surface area (Å²) in [6.07, 6.45) is 5.47. The molecule has 25 heavy (non-hydrogen) atoms. The number of carbonyl (C=O) groups excluding carboxylic acids is 2. The van der Waals surface area contributed by atoms with Crippen molar-refractivity contribution in [3.8, 4) is 11.3 Å². The van der Waals surface area contributed by atoms with E-state index in [0.29, 0.717) is 18.5 Å². The van der Waals surface area contributed by atoms with Gasteiger partial charge in [0.25, 0.3) is 5.91 Å². The predicted molar refractivity (Wildman–Crippen MR) is 93.9 cm³/mol. The Bertz CT molecular complexity index is 746. The minimum Gasteiger partial charge on any atom is -0.438 e. The molecular formula is C19H23N3O3. The van der Waals surface area contributed by atoms with Gasteiger partial charge in [-0.2, -0.15) is 0 Å². The normalized spacial score (nSPS) is 16.2. The summed E-state index contributed by atoms with van der Waals surface area (Å²) >= 11 is 0. The number of hydrogen-bond donors (Lipinski definition) is 1. The third kappa shape index (κ3) is 3.43. The summed E-state index contributed by atoms with van der Waals surface area (Å²) < 4.78 is 5.36. The summed E-state index contributed by atoms with van der Waals surface area (Å²) in [4.78, 5) is 31.4. The van der Waals surface area contributed by atoms with Gasteiger partial charge in [-0.05, 0) is 12.8 Å². The molecule has 0 spiro atoms. The van der Waals surface area contributed by atoms with E-state index >= 15 is 0 Å². The highest BCUT2D eigenvalue weighted by molar-refractivity contribution is 6.01. The van der Waals surface area contributed by atoms with Crippen LogP contribution in [-0.4, -0.2) is 41.3 Å². The van der Waals surface area contributed by atoms with E-state index in [2.05, 4.69) is 10.3 Å². The lowest BCUT2D eigenvalue weighted by atomic mass is 9.80. The second kappa shape index (κ2) is 7.09. The Labute approximate surface area is 147 Å². The lowest BCUT2D eigenvalue weighted by Crippen LogP contribution is -2.59. The highest BCUT2D eigenvalue weighted by Crippen LogP contribution is 2.31. The van der Waals surface area contributed by atoms with Gasteiger partial charge >= 0.3 is 0 Å². The third-order valence-electron chi connectivity index (χ3n) is 4.70. The Balaban J connectivity index is 1.88. The van der Waals surface area contributed by atoms with E-state index in [1.807, 2.05) is 30.3 Å². The van der Waals surface area contributed by atoms with Gasteiger partial charge in [0.05, 0.1) is 0 Å². The molecule has 1 aliphatic rings. The number of nitrogens with one attached hydrogen (secondary N) is 1. The van der Waals surface area contributed by atoms with Crippen molar-refractivity contribution in [3.63, 3.8) is 0 Å². The molecule has 0 bridgehead atoms. The van der Waals surface area contributed by atoms with Crippen molar-refractivity contribution in [2.24, 2.45) is 0 Å². The number of hydrogen-bond acceptors (Lipinski definition) is 4. The Morgan fingerprint density at radius 2 is 1.80 bits per heavy atom. The molecule has 132 valence electrons. The average Bonchev–Trinajstić information content (AvgIpc) is 3.12. The Kier molecular flexibility index (Phi) is 4.88. The van der Waals surface area contributed by atoms with Crippen LogP contribution in [0.15, 0.2) is 41.1 Å². The second-order valence-corrected chi connectivity index (χ2v) is 6.69. The van der Waals surface area contributed by atoms with Crippen molar-refractivity contribution in [1.29, 1.82) is 0 Å². The molecule has 0 radical (unpaired) electrons. The lowest BCUT2D eigenvalue weighted by Gasteiger charge is -2.38. The maximum atomic E-state index is 12.9. The number of oxazole rings is 1. The molecular weight excluding hydrogens is 318 g/mol. The van der Waals surface area contributed by atoms with Gasteiger partial charge in [-0.1, -0.05) is 49.6 Å². The molecule has 6 nitrogen and oxygen atoms in total. The smallest absolute Gasteiger partial charge is 0.290 e. The van der Waals surface area contributed by atoms with Gasteiger partial charge in [0.15, 0.2) is 6.39 Å². The van der Waals surface area contributed by atoms with Crippen LogP contribution < -0.4 is 5.32 Å². The monoisotopic (exact) mass is 341 g/mol. The maximum Gasteiger partial charge on any atom is 0.290 e. The summed E-state index contributed by atoms with van der Waals surface area (Å²) in [6, 6.07) is 9.40. The van der Waals surface area contributed by atoms with E-state index in [1.165, 1.54) is 6.39 Å². The Morgan fingerprint density at radius 1 is 1.12 bits per heavy atom. The Hall–Kier alpha value is -2.63. The Morgan fingerprint density at radius 3 is 2.44 bits per heavy atom. The van der Waals surface area contributed by atoms with E-state index in [9.17, 15) is 9.59 Å². The number of nitrogens with zero attached hydrogens (tertiary/aromatic N) is 2. The van der Waals surface area contributed by atoms with Gasteiger partial charge in [-0.3, -0.25) is 9.59 Å². The van der Waals surface area contributed by atoms with E-state index in [4.69, 9.17) is 4.42 Å². The summed E-state index contributed by atoms with van der Waals surface area (Å²) in [7, 11) is 3.43. The fourth-order valence-electron chi connectivity index (χ4n) is 3.46. The van der Waals surface area contributed by atoms with Crippen LogP contribution >= 0.6 is 0 Å². The van der Waals surface area contributed by atoms with Crippen molar-refractivity contribution < 1.29 is 14.0 Å². The molecule has 0 unspecified atom stereocenters. The molecule has 0 atom stereocenters. The zero-order valence-electron chi connectivity index (χ0n) is 14.6. The molecule has 1 aliphatic carbocycles. The van der Waals surface area contributed by atoms with Crippen LogP contribution in [0.5, 0.6) is 0 Å². The zero-order chi connectivity index (χ0) is 17.9. The van der Waals surface area contributed by atoms with Crippen LogP contribution in [-0.2, 0) is 4.79 Å². The number of rotatable bonds is 4. The molecule has 6 heteroatoms. The SMILES string of the molecule is CN(C)C(=O)C1(NC(=O)c2ocnc2-c2ccccc2)CCCCC1. The van der Waals surface area contributed by atoms with Crippen molar-refractivity contribution in [1.82, 2.24) is 15.2 Å². The molecule has 1 aromatic carbocycles. The van der Waals surface area contributed by atoms with Gasteiger partial charge in [-0.25, -0.2) is 4.98 Å². The molecule has 1 aromatic heterocycles. The maximum absolute atomic E-state index is 12.9. The molecule has 0 aliphatic heterocycles. The number of carbonyl (C=O) groups is 2. The zero-order valence-corrected chi connectivity index (χ0v) is 14.6. The van der Waals surface area contributed by atoms with E-state index in [-0.39, 0.29) is 11.7 Å². The predicted octanol–water partition coefficient (Wildman–Crippen LogP) is 2.86. The van der Waals surface area contributed by atoms with Gasteiger partial charge in [0.1, 0.15) is 11.2 Å². The molecule has 3 rings (SSSR count). The number of aromatic nitrogens is 1. The summed E-state index contributed by atoms with van der Waals surface area (Å²) in [5.41, 5.74) is 0.430. The molecule has 1 saturated carbocycles. The first kappa shape index (κ1) is 17.2. The molecule has 2 amide bonds.